The van der Waals surface area contributed by atoms with Gasteiger partial charge in [0, 0.05) is 25.1 Å². The van der Waals surface area contributed by atoms with Gasteiger partial charge in [-0.05, 0) is 25.3 Å². The van der Waals surface area contributed by atoms with Gasteiger partial charge in [0.15, 0.2) is 0 Å². The molecule has 1 fully saturated rings. The first-order valence-corrected chi connectivity index (χ1v) is 6.60. The fourth-order valence-corrected chi connectivity index (χ4v) is 2.71. The number of nitrogens with zero attached hydrogens (tertiary/aromatic N) is 1. The van der Waals surface area contributed by atoms with Gasteiger partial charge in [-0.2, -0.15) is 0 Å². The van der Waals surface area contributed by atoms with Crippen LogP contribution in [0.1, 0.15) is 39.5 Å². The summed E-state index contributed by atoms with van der Waals surface area (Å²) < 4.78 is 0. The minimum absolute atomic E-state index is 0.0949. The van der Waals surface area contributed by atoms with Gasteiger partial charge < -0.3 is 15.1 Å². The SMILES string of the molecule is CCN(CCO)CC1(CO)CCC(C)CC1. The molecule has 0 spiro atoms. The van der Waals surface area contributed by atoms with Gasteiger partial charge in [-0.3, -0.25) is 0 Å². The maximum Gasteiger partial charge on any atom is 0.0558 e. The first-order valence-electron chi connectivity index (χ1n) is 6.60. The first-order chi connectivity index (χ1) is 7.65. The van der Waals surface area contributed by atoms with E-state index >= 15 is 0 Å². The predicted octanol–water partition coefficient (Wildman–Crippen LogP) is 1.49. The molecule has 0 bridgehead atoms. The molecule has 1 aliphatic rings. The molecule has 2 N–H and O–H groups in total. The molecule has 0 radical (unpaired) electrons. The Morgan fingerprint density at radius 1 is 1.25 bits per heavy atom. The normalized spacial score (nSPS) is 30.9. The number of rotatable bonds is 6. The summed E-state index contributed by atoms with van der Waals surface area (Å²) in [5.74, 6) is 0.813. The molecular formula is C13H27NO2. The summed E-state index contributed by atoms with van der Waals surface area (Å²) in [7, 11) is 0. The monoisotopic (exact) mass is 229 g/mol. The number of hydrogen-bond acceptors (Lipinski definition) is 3. The van der Waals surface area contributed by atoms with E-state index in [-0.39, 0.29) is 12.0 Å². The number of likely N-dealkylation sites (N-methyl/N-ethyl adjacent to an activating group) is 1. The zero-order valence-electron chi connectivity index (χ0n) is 10.8. The summed E-state index contributed by atoms with van der Waals surface area (Å²) in [4.78, 5) is 2.26. The minimum atomic E-state index is 0.0949. The van der Waals surface area contributed by atoms with Crippen LogP contribution < -0.4 is 0 Å². The van der Waals surface area contributed by atoms with Crippen molar-refractivity contribution in [1.82, 2.24) is 4.90 Å². The summed E-state index contributed by atoms with van der Waals surface area (Å²) in [6, 6.07) is 0. The van der Waals surface area contributed by atoms with Crippen LogP contribution in [0.5, 0.6) is 0 Å². The largest absolute Gasteiger partial charge is 0.396 e. The van der Waals surface area contributed by atoms with E-state index in [0.29, 0.717) is 6.61 Å². The molecule has 1 rings (SSSR count). The van der Waals surface area contributed by atoms with E-state index in [4.69, 9.17) is 5.11 Å². The van der Waals surface area contributed by atoms with Gasteiger partial charge in [-0.15, -0.1) is 0 Å². The third-order valence-electron chi connectivity index (χ3n) is 4.09. The van der Waals surface area contributed by atoms with Gasteiger partial charge in [0.1, 0.15) is 0 Å². The fraction of sp³-hybridized carbons (Fsp3) is 1.00. The average Bonchev–Trinajstić information content (AvgIpc) is 2.32. The topological polar surface area (TPSA) is 43.7 Å². The molecule has 1 aliphatic carbocycles. The Labute approximate surface area is 99.5 Å². The van der Waals surface area contributed by atoms with Crippen LogP contribution in [-0.4, -0.2) is 48.0 Å². The molecule has 0 saturated heterocycles. The van der Waals surface area contributed by atoms with Crippen LogP contribution in [0.25, 0.3) is 0 Å². The van der Waals surface area contributed by atoms with E-state index in [1.807, 2.05) is 0 Å². The lowest BCUT2D eigenvalue weighted by atomic mass is 9.71. The Morgan fingerprint density at radius 2 is 1.88 bits per heavy atom. The molecule has 3 heteroatoms. The van der Waals surface area contributed by atoms with E-state index in [2.05, 4.69) is 18.7 Å². The Kier molecular flexibility index (Phi) is 5.73. The van der Waals surface area contributed by atoms with Gasteiger partial charge in [0.05, 0.1) is 6.61 Å². The molecule has 0 aromatic rings. The molecule has 1 saturated carbocycles. The lowest BCUT2D eigenvalue weighted by Crippen LogP contribution is -2.43. The third kappa shape index (κ3) is 3.72. The van der Waals surface area contributed by atoms with E-state index in [0.717, 1.165) is 38.4 Å². The summed E-state index contributed by atoms with van der Waals surface area (Å²) in [6.45, 7) is 7.55. The molecule has 0 aromatic heterocycles. The Hall–Kier alpha value is -0.120. The minimum Gasteiger partial charge on any atom is -0.396 e. The van der Waals surface area contributed by atoms with Crippen molar-refractivity contribution >= 4 is 0 Å². The van der Waals surface area contributed by atoms with Crippen molar-refractivity contribution < 1.29 is 10.2 Å². The highest BCUT2D eigenvalue weighted by molar-refractivity contribution is 4.87. The van der Waals surface area contributed by atoms with Gasteiger partial charge in [-0.1, -0.05) is 26.7 Å². The third-order valence-corrected chi connectivity index (χ3v) is 4.09. The second kappa shape index (κ2) is 6.58. The molecule has 0 heterocycles. The Balaban J connectivity index is 2.51. The predicted molar refractivity (Wildman–Crippen MR) is 66.4 cm³/mol. The van der Waals surface area contributed by atoms with Crippen molar-refractivity contribution in [2.24, 2.45) is 11.3 Å². The summed E-state index contributed by atoms with van der Waals surface area (Å²) in [6.07, 6.45) is 4.73. The smallest absolute Gasteiger partial charge is 0.0558 e. The van der Waals surface area contributed by atoms with Crippen molar-refractivity contribution in [1.29, 1.82) is 0 Å². The number of hydrogen-bond donors (Lipinski definition) is 2. The van der Waals surface area contributed by atoms with Crippen molar-refractivity contribution in [3.05, 3.63) is 0 Å². The van der Waals surface area contributed by atoms with Gasteiger partial charge in [0.2, 0.25) is 0 Å². The van der Waals surface area contributed by atoms with E-state index in [1.54, 1.807) is 0 Å². The summed E-state index contributed by atoms with van der Waals surface area (Å²) in [5.41, 5.74) is 0.0949. The highest BCUT2D eigenvalue weighted by Gasteiger charge is 2.34. The molecule has 0 atom stereocenters. The molecule has 0 unspecified atom stereocenters. The fourth-order valence-electron chi connectivity index (χ4n) is 2.71. The van der Waals surface area contributed by atoms with Crippen LogP contribution in [0, 0.1) is 11.3 Å². The van der Waals surface area contributed by atoms with Crippen molar-refractivity contribution in [2.45, 2.75) is 39.5 Å². The van der Waals surface area contributed by atoms with E-state index in [9.17, 15) is 5.11 Å². The van der Waals surface area contributed by atoms with Crippen molar-refractivity contribution in [3.63, 3.8) is 0 Å². The molecule has 0 aliphatic heterocycles. The summed E-state index contributed by atoms with van der Waals surface area (Å²) >= 11 is 0. The van der Waals surface area contributed by atoms with Crippen LogP contribution >= 0.6 is 0 Å². The Bertz CT molecular complexity index is 188. The van der Waals surface area contributed by atoms with Crippen molar-refractivity contribution in [3.8, 4) is 0 Å². The highest BCUT2D eigenvalue weighted by Crippen LogP contribution is 2.39. The maximum absolute atomic E-state index is 9.65. The Morgan fingerprint density at radius 3 is 2.31 bits per heavy atom. The van der Waals surface area contributed by atoms with Gasteiger partial charge in [-0.25, -0.2) is 0 Å². The number of aliphatic hydroxyl groups excluding tert-OH is 2. The second-order valence-corrected chi connectivity index (χ2v) is 5.43. The van der Waals surface area contributed by atoms with Crippen LogP contribution in [0.15, 0.2) is 0 Å². The van der Waals surface area contributed by atoms with Crippen LogP contribution in [0.2, 0.25) is 0 Å². The zero-order chi connectivity index (χ0) is 12.0. The van der Waals surface area contributed by atoms with Crippen LogP contribution in [-0.2, 0) is 0 Å². The second-order valence-electron chi connectivity index (χ2n) is 5.43. The quantitative estimate of drug-likeness (QED) is 0.725. The number of aliphatic hydroxyl groups is 2. The standard InChI is InChI=1S/C13H27NO2/c1-3-14(8-9-15)10-13(11-16)6-4-12(2)5-7-13/h12,15-16H,3-11H2,1-2H3. The lowest BCUT2D eigenvalue weighted by Gasteiger charge is -2.41. The highest BCUT2D eigenvalue weighted by atomic mass is 16.3. The molecular weight excluding hydrogens is 202 g/mol. The van der Waals surface area contributed by atoms with E-state index < -0.39 is 0 Å². The zero-order valence-corrected chi connectivity index (χ0v) is 10.8. The molecule has 0 aromatic carbocycles. The molecule has 96 valence electrons. The average molecular weight is 229 g/mol. The van der Waals surface area contributed by atoms with Crippen LogP contribution in [0.4, 0.5) is 0 Å². The van der Waals surface area contributed by atoms with E-state index in [1.165, 1.54) is 12.8 Å². The van der Waals surface area contributed by atoms with Crippen molar-refractivity contribution in [2.75, 3.05) is 32.8 Å². The van der Waals surface area contributed by atoms with Gasteiger partial charge in [0.25, 0.3) is 0 Å². The lowest BCUT2D eigenvalue weighted by molar-refractivity contribution is 0.0263. The van der Waals surface area contributed by atoms with Gasteiger partial charge >= 0.3 is 0 Å². The summed E-state index contributed by atoms with van der Waals surface area (Å²) in [5, 5.41) is 18.6. The molecule has 3 nitrogen and oxygen atoms in total. The van der Waals surface area contributed by atoms with Crippen LogP contribution in [0.3, 0.4) is 0 Å². The maximum atomic E-state index is 9.65. The first kappa shape index (κ1) is 13.9. The molecule has 16 heavy (non-hydrogen) atoms. The molecule has 0 amide bonds.